The van der Waals surface area contributed by atoms with E-state index in [1.165, 1.54) is 0 Å². The fourth-order valence-corrected chi connectivity index (χ4v) is 3.80. The number of hydrogen-bond acceptors (Lipinski definition) is 5. The summed E-state index contributed by atoms with van der Waals surface area (Å²) >= 11 is 0. The first-order chi connectivity index (χ1) is 18.5. The van der Waals surface area contributed by atoms with Crippen molar-refractivity contribution >= 4 is 11.8 Å². The van der Waals surface area contributed by atoms with E-state index < -0.39 is 0 Å². The molecule has 0 fully saturated rings. The quantitative estimate of drug-likeness (QED) is 0.238. The Morgan fingerprint density at radius 3 is 2.29 bits per heavy atom. The monoisotopic (exact) mass is 504 g/mol. The number of amidine groups is 1. The van der Waals surface area contributed by atoms with Crippen LogP contribution in [0.2, 0.25) is 0 Å². The number of benzene rings is 3. The number of guanidine groups is 1. The Morgan fingerprint density at radius 1 is 0.895 bits per heavy atom. The van der Waals surface area contributed by atoms with E-state index >= 15 is 0 Å². The van der Waals surface area contributed by atoms with Crippen LogP contribution < -0.4 is 11.5 Å². The number of aromatic nitrogens is 4. The maximum atomic E-state index is 6.34. The molecule has 4 N–H and O–H groups in total. The van der Waals surface area contributed by atoms with Crippen molar-refractivity contribution in [1.82, 2.24) is 20.0 Å². The van der Waals surface area contributed by atoms with Gasteiger partial charge in [-0.05, 0) is 24.1 Å². The summed E-state index contributed by atoms with van der Waals surface area (Å²) in [6.07, 6.45) is 1.69. The zero-order chi connectivity index (χ0) is 26.5. The van der Waals surface area contributed by atoms with Gasteiger partial charge in [-0.15, -0.1) is 5.10 Å². The van der Waals surface area contributed by atoms with E-state index in [-0.39, 0.29) is 11.8 Å². The summed E-state index contributed by atoms with van der Waals surface area (Å²) in [5.41, 5.74) is 16.6. The van der Waals surface area contributed by atoms with Gasteiger partial charge in [-0.1, -0.05) is 85.8 Å². The molecule has 0 aliphatic rings. The van der Waals surface area contributed by atoms with Crippen LogP contribution in [0.15, 0.2) is 106 Å². The molecule has 0 bridgehead atoms. The SMILES string of the molecule is CC(C)CN=C(N)N=C(N)c1cn(-c2cccc(-c3nc(-c4ccccc4)c(-c4ccccc4)o3)c2)nn1. The van der Waals surface area contributed by atoms with E-state index in [4.69, 9.17) is 20.9 Å². The van der Waals surface area contributed by atoms with E-state index in [1.54, 1.807) is 10.9 Å². The lowest BCUT2D eigenvalue weighted by Crippen LogP contribution is -2.20. The number of rotatable bonds is 7. The first-order valence-corrected chi connectivity index (χ1v) is 12.3. The standard InChI is InChI=1S/C29H28N8O/c1-19(2)17-32-29(31)34-27(30)24-18-37(36-35-24)23-15-9-14-22(16-23)28-33-25(20-10-5-3-6-11-20)26(38-28)21-12-7-4-8-13-21/h3-16,18-19H,17H2,1-2H3,(H4,30,31,32,34). The summed E-state index contributed by atoms with van der Waals surface area (Å²) in [6.45, 7) is 4.67. The third kappa shape index (κ3) is 5.52. The Hall–Kier alpha value is -5.05. The zero-order valence-electron chi connectivity index (χ0n) is 21.2. The van der Waals surface area contributed by atoms with Gasteiger partial charge in [0.15, 0.2) is 11.6 Å². The molecule has 0 aliphatic carbocycles. The highest BCUT2D eigenvalue weighted by atomic mass is 16.4. The minimum Gasteiger partial charge on any atom is -0.435 e. The van der Waals surface area contributed by atoms with Crippen LogP contribution in [0.5, 0.6) is 0 Å². The van der Waals surface area contributed by atoms with Gasteiger partial charge in [-0.25, -0.2) is 9.67 Å². The first-order valence-electron chi connectivity index (χ1n) is 12.3. The zero-order valence-corrected chi connectivity index (χ0v) is 21.2. The topological polar surface area (TPSA) is 134 Å². The summed E-state index contributed by atoms with van der Waals surface area (Å²) in [5.74, 6) is 1.83. The number of nitrogens with zero attached hydrogens (tertiary/aromatic N) is 6. The smallest absolute Gasteiger partial charge is 0.227 e. The molecule has 190 valence electrons. The largest absolute Gasteiger partial charge is 0.435 e. The molecule has 0 amide bonds. The van der Waals surface area contributed by atoms with Crippen molar-refractivity contribution in [2.24, 2.45) is 27.4 Å². The summed E-state index contributed by atoms with van der Waals surface area (Å²) in [5, 5.41) is 8.36. The van der Waals surface area contributed by atoms with Gasteiger partial charge in [0.1, 0.15) is 11.4 Å². The van der Waals surface area contributed by atoms with Gasteiger partial charge in [0.25, 0.3) is 0 Å². The molecule has 0 saturated carbocycles. The maximum absolute atomic E-state index is 6.34. The molecule has 5 aromatic rings. The second-order valence-corrected chi connectivity index (χ2v) is 9.12. The van der Waals surface area contributed by atoms with Crippen LogP contribution in [0, 0.1) is 5.92 Å². The molecule has 3 aromatic carbocycles. The highest BCUT2D eigenvalue weighted by molar-refractivity contribution is 6.03. The molecule has 0 spiro atoms. The molecule has 0 aliphatic heterocycles. The highest BCUT2D eigenvalue weighted by Gasteiger charge is 2.18. The third-order valence-corrected chi connectivity index (χ3v) is 5.68. The Balaban J connectivity index is 1.47. The number of aliphatic imine (C=N–C) groups is 2. The Kier molecular flexibility index (Phi) is 7.08. The number of oxazole rings is 1. The van der Waals surface area contributed by atoms with Crippen LogP contribution in [-0.2, 0) is 0 Å². The Labute approximate surface area is 220 Å². The van der Waals surface area contributed by atoms with Crippen LogP contribution in [-0.4, -0.2) is 38.3 Å². The molecule has 5 rings (SSSR count). The molecule has 0 radical (unpaired) electrons. The fraction of sp³-hybridized carbons (Fsp3) is 0.138. The van der Waals surface area contributed by atoms with Gasteiger partial charge >= 0.3 is 0 Å². The highest BCUT2D eigenvalue weighted by Crippen LogP contribution is 2.36. The fourth-order valence-electron chi connectivity index (χ4n) is 3.80. The molecule has 9 nitrogen and oxygen atoms in total. The van der Waals surface area contributed by atoms with Crippen LogP contribution in [0.3, 0.4) is 0 Å². The Morgan fingerprint density at radius 2 is 1.58 bits per heavy atom. The summed E-state index contributed by atoms with van der Waals surface area (Å²) < 4.78 is 7.95. The van der Waals surface area contributed by atoms with Gasteiger partial charge in [-0.2, -0.15) is 4.99 Å². The van der Waals surface area contributed by atoms with Crippen molar-refractivity contribution in [3.8, 4) is 39.7 Å². The lowest BCUT2D eigenvalue weighted by Gasteiger charge is -2.02. The van der Waals surface area contributed by atoms with Crippen molar-refractivity contribution in [3.63, 3.8) is 0 Å². The molecule has 2 heterocycles. The lowest BCUT2D eigenvalue weighted by atomic mass is 10.1. The minimum atomic E-state index is 0.111. The molecule has 0 atom stereocenters. The molecule has 9 heteroatoms. The average molecular weight is 505 g/mol. The van der Waals surface area contributed by atoms with E-state index in [0.717, 1.165) is 28.1 Å². The minimum absolute atomic E-state index is 0.111. The van der Waals surface area contributed by atoms with Gasteiger partial charge in [0.2, 0.25) is 11.9 Å². The van der Waals surface area contributed by atoms with Gasteiger partial charge < -0.3 is 15.9 Å². The normalized spacial score (nSPS) is 12.3. The average Bonchev–Trinajstić information content (AvgIpc) is 3.62. The van der Waals surface area contributed by atoms with Gasteiger partial charge in [0.05, 0.1) is 11.9 Å². The van der Waals surface area contributed by atoms with Crippen LogP contribution in [0.25, 0.3) is 39.7 Å². The van der Waals surface area contributed by atoms with Gasteiger partial charge in [-0.3, -0.25) is 4.99 Å². The van der Waals surface area contributed by atoms with Crippen molar-refractivity contribution < 1.29 is 4.42 Å². The van der Waals surface area contributed by atoms with Crippen molar-refractivity contribution in [3.05, 3.63) is 96.8 Å². The van der Waals surface area contributed by atoms with E-state index in [9.17, 15) is 0 Å². The third-order valence-electron chi connectivity index (χ3n) is 5.68. The second kappa shape index (κ2) is 10.9. The van der Waals surface area contributed by atoms with Crippen molar-refractivity contribution in [2.45, 2.75) is 13.8 Å². The van der Waals surface area contributed by atoms with E-state index in [2.05, 4.69) is 20.3 Å². The maximum Gasteiger partial charge on any atom is 0.227 e. The molecule has 0 unspecified atom stereocenters. The summed E-state index contributed by atoms with van der Waals surface area (Å²) in [7, 11) is 0. The molecular weight excluding hydrogens is 476 g/mol. The van der Waals surface area contributed by atoms with Crippen LogP contribution >= 0.6 is 0 Å². The van der Waals surface area contributed by atoms with Crippen molar-refractivity contribution in [1.29, 1.82) is 0 Å². The molecule has 38 heavy (non-hydrogen) atoms. The number of nitrogens with two attached hydrogens (primary N) is 2. The van der Waals surface area contributed by atoms with Gasteiger partial charge in [0, 0.05) is 23.2 Å². The second-order valence-electron chi connectivity index (χ2n) is 9.12. The Bertz CT molecular complexity index is 1530. The summed E-state index contributed by atoms with van der Waals surface area (Å²) in [4.78, 5) is 13.2. The number of hydrogen-bond donors (Lipinski definition) is 2. The summed E-state index contributed by atoms with van der Waals surface area (Å²) in [6, 6.07) is 27.6. The van der Waals surface area contributed by atoms with Crippen molar-refractivity contribution in [2.75, 3.05) is 6.54 Å². The lowest BCUT2D eigenvalue weighted by molar-refractivity contribution is 0.589. The van der Waals surface area contributed by atoms with Crippen LogP contribution in [0.1, 0.15) is 19.5 Å². The molecular formula is C29H28N8O. The molecule has 0 saturated heterocycles. The van der Waals surface area contributed by atoms with E-state index in [1.807, 2.05) is 98.8 Å². The van der Waals surface area contributed by atoms with E-state index in [0.29, 0.717) is 29.8 Å². The first kappa shape index (κ1) is 24.6. The molecule has 2 aromatic heterocycles. The predicted octanol–water partition coefficient (Wildman–Crippen LogP) is 4.93. The van der Waals surface area contributed by atoms with Crippen LogP contribution in [0.4, 0.5) is 0 Å². The predicted molar refractivity (Wildman–Crippen MR) is 150 cm³/mol.